The third-order valence-electron chi connectivity index (χ3n) is 4.09. The van der Waals surface area contributed by atoms with Crippen LogP contribution in [-0.2, 0) is 14.8 Å². The molecule has 1 N–H and O–H groups in total. The molecule has 1 atom stereocenters. The Morgan fingerprint density at radius 1 is 1.23 bits per heavy atom. The second-order valence-corrected chi connectivity index (χ2v) is 8.73. The second kappa shape index (κ2) is 7.59. The molecule has 1 unspecified atom stereocenters. The molecule has 1 aliphatic rings. The van der Waals surface area contributed by atoms with Gasteiger partial charge in [-0.25, -0.2) is 8.42 Å². The van der Waals surface area contributed by atoms with Crippen molar-refractivity contribution in [1.82, 2.24) is 0 Å². The third kappa shape index (κ3) is 3.66. The summed E-state index contributed by atoms with van der Waals surface area (Å²) in [7, 11) is -3.52. The Hall–Kier alpha value is -2.19. The molecule has 1 aliphatic heterocycles. The van der Waals surface area contributed by atoms with Gasteiger partial charge in [-0.3, -0.25) is 9.10 Å². The topological polar surface area (TPSA) is 75.7 Å². The number of benzene rings is 2. The molecule has 8 heteroatoms. The number of sulfonamides is 1. The highest BCUT2D eigenvalue weighted by Gasteiger charge is 2.36. The lowest BCUT2D eigenvalue weighted by molar-refractivity contribution is -0.122. The quantitative estimate of drug-likeness (QED) is 0.792. The molecule has 0 spiro atoms. The van der Waals surface area contributed by atoms with Crippen molar-refractivity contribution < 1.29 is 17.9 Å². The van der Waals surface area contributed by atoms with E-state index >= 15 is 0 Å². The van der Waals surface area contributed by atoms with E-state index in [4.69, 9.17) is 4.74 Å². The molecule has 0 saturated heterocycles. The first-order chi connectivity index (χ1) is 12.5. The Balaban J connectivity index is 1.89. The highest BCUT2D eigenvalue weighted by atomic mass is 32.2. The lowest BCUT2D eigenvalue weighted by Crippen LogP contribution is -2.49. The Morgan fingerprint density at radius 2 is 1.92 bits per heavy atom. The highest BCUT2D eigenvalue weighted by Crippen LogP contribution is 2.35. The van der Waals surface area contributed by atoms with Gasteiger partial charge in [-0.15, -0.1) is 11.8 Å². The molecule has 0 radical (unpaired) electrons. The first-order valence-electron chi connectivity index (χ1n) is 8.16. The largest absolute Gasteiger partial charge is 0.476 e. The molecular formula is C18H20N2O4S2. The molecule has 6 nitrogen and oxygen atoms in total. The van der Waals surface area contributed by atoms with Gasteiger partial charge in [0.05, 0.1) is 23.7 Å². The van der Waals surface area contributed by atoms with Crippen molar-refractivity contribution >= 4 is 39.1 Å². The lowest BCUT2D eigenvalue weighted by Gasteiger charge is -2.34. The Labute approximate surface area is 157 Å². The number of nitrogens with zero attached hydrogens (tertiary/aromatic N) is 1. The van der Waals surface area contributed by atoms with Gasteiger partial charge in [-0.2, -0.15) is 0 Å². The highest BCUT2D eigenvalue weighted by molar-refractivity contribution is 7.98. The van der Waals surface area contributed by atoms with Crippen molar-refractivity contribution in [2.45, 2.75) is 17.9 Å². The summed E-state index contributed by atoms with van der Waals surface area (Å²) in [6.45, 7) is 1.53. The number of amides is 1. The van der Waals surface area contributed by atoms with E-state index in [9.17, 15) is 13.2 Å². The Bertz CT molecular complexity index is 915. The standard InChI is InChI=1S/C18H20N2O4S2/c1-3-26(22,23)20-12-16(24-15-10-6-5-9-14(15)20)18(21)19-13-8-4-7-11-17(13)25-2/h4-11,16H,3,12H2,1-2H3,(H,19,21). The molecule has 0 aliphatic carbocycles. The number of ether oxygens (including phenoxy) is 1. The molecule has 0 bridgehead atoms. The predicted octanol–water partition coefficient (Wildman–Crippen LogP) is 2.96. The summed E-state index contributed by atoms with van der Waals surface area (Å²) in [6.07, 6.45) is 0.995. The number of rotatable bonds is 5. The average molecular weight is 393 g/mol. The van der Waals surface area contributed by atoms with Crippen LogP contribution in [0, 0.1) is 0 Å². The number of hydrogen-bond acceptors (Lipinski definition) is 5. The van der Waals surface area contributed by atoms with Crippen LogP contribution in [0.1, 0.15) is 6.92 Å². The van der Waals surface area contributed by atoms with Crippen LogP contribution in [0.3, 0.4) is 0 Å². The van der Waals surface area contributed by atoms with Crippen molar-refractivity contribution in [1.29, 1.82) is 0 Å². The van der Waals surface area contributed by atoms with E-state index in [0.29, 0.717) is 17.1 Å². The number of carbonyl (C=O) groups is 1. The van der Waals surface area contributed by atoms with Crippen LogP contribution < -0.4 is 14.4 Å². The molecule has 0 aromatic heterocycles. The molecule has 26 heavy (non-hydrogen) atoms. The maximum absolute atomic E-state index is 12.7. The minimum atomic E-state index is -3.52. The maximum atomic E-state index is 12.7. The number of para-hydroxylation sites is 3. The predicted molar refractivity (Wildman–Crippen MR) is 105 cm³/mol. The van der Waals surface area contributed by atoms with Gasteiger partial charge in [0.1, 0.15) is 5.75 Å². The maximum Gasteiger partial charge on any atom is 0.267 e. The van der Waals surface area contributed by atoms with Crippen molar-refractivity contribution in [3.05, 3.63) is 48.5 Å². The summed E-state index contributed by atoms with van der Waals surface area (Å²) < 4.78 is 32.0. The number of anilines is 2. The second-order valence-electron chi connectivity index (χ2n) is 5.70. The van der Waals surface area contributed by atoms with Crippen LogP contribution in [-0.4, -0.2) is 39.0 Å². The Kier molecular flexibility index (Phi) is 5.43. The molecule has 0 fully saturated rings. The van der Waals surface area contributed by atoms with Crippen LogP contribution in [0.15, 0.2) is 53.4 Å². The fourth-order valence-corrected chi connectivity index (χ4v) is 4.40. The number of hydrogen-bond donors (Lipinski definition) is 1. The van der Waals surface area contributed by atoms with Gasteiger partial charge in [0.15, 0.2) is 6.10 Å². The Morgan fingerprint density at radius 3 is 2.65 bits per heavy atom. The summed E-state index contributed by atoms with van der Waals surface area (Å²) in [5, 5.41) is 2.85. The van der Waals surface area contributed by atoms with Crippen LogP contribution in [0.4, 0.5) is 11.4 Å². The normalized spacial score (nSPS) is 16.5. The molecule has 1 heterocycles. The fraction of sp³-hybridized carbons (Fsp3) is 0.278. The van der Waals surface area contributed by atoms with Gasteiger partial charge >= 0.3 is 0 Å². The zero-order chi connectivity index (χ0) is 18.7. The lowest BCUT2D eigenvalue weighted by atomic mass is 10.2. The van der Waals surface area contributed by atoms with E-state index in [0.717, 1.165) is 4.90 Å². The molecule has 138 valence electrons. The van der Waals surface area contributed by atoms with E-state index in [1.54, 1.807) is 37.3 Å². The summed E-state index contributed by atoms with van der Waals surface area (Å²) >= 11 is 1.52. The smallest absolute Gasteiger partial charge is 0.267 e. The van der Waals surface area contributed by atoms with Gasteiger partial charge in [0.2, 0.25) is 10.0 Å². The first-order valence-corrected chi connectivity index (χ1v) is 11.0. The van der Waals surface area contributed by atoms with Crippen LogP contribution >= 0.6 is 11.8 Å². The van der Waals surface area contributed by atoms with E-state index < -0.39 is 16.1 Å². The summed E-state index contributed by atoms with van der Waals surface area (Å²) in [5.74, 6) is -0.0447. The van der Waals surface area contributed by atoms with Crippen molar-refractivity contribution in [3.8, 4) is 5.75 Å². The number of fused-ring (bicyclic) bond motifs is 1. The monoisotopic (exact) mass is 392 g/mol. The third-order valence-corrected chi connectivity index (χ3v) is 6.64. The van der Waals surface area contributed by atoms with Crippen LogP contribution in [0.5, 0.6) is 5.75 Å². The zero-order valence-corrected chi connectivity index (χ0v) is 16.1. The number of nitrogens with one attached hydrogen (secondary N) is 1. The van der Waals surface area contributed by atoms with Crippen molar-refractivity contribution in [3.63, 3.8) is 0 Å². The van der Waals surface area contributed by atoms with Crippen molar-refractivity contribution in [2.24, 2.45) is 0 Å². The first kappa shape index (κ1) is 18.6. The van der Waals surface area contributed by atoms with E-state index in [1.165, 1.54) is 16.1 Å². The number of thioether (sulfide) groups is 1. The van der Waals surface area contributed by atoms with E-state index in [2.05, 4.69) is 5.32 Å². The molecule has 2 aromatic rings. The van der Waals surface area contributed by atoms with Crippen LogP contribution in [0.2, 0.25) is 0 Å². The van der Waals surface area contributed by atoms with Gasteiger partial charge in [-0.1, -0.05) is 24.3 Å². The van der Waals surface area contributed by atoms with Crippen LogP contribution in [0.25, 0.3) is 0 Å². The van der Waals surface area contributed by atoms with Gasteiger partial charge in [0, 0.05) is 4.90 Å². The average Bonchev–Trinajstić information content (AvgIpc) is 2.67. The summed E-state index contributed by atoms with van der Waals surface area (Å²) in [4.78, 5) is 13.7. The minimum Gasteiger partial charge on any atom is -0.476 e. The van der Waals surface area contributed by atoms with Gasteiger partial charge < -0.3 is 10.1 Å². The minimum absolute atomic E-state index is 0.0506. The molecule has 1 amide bonds. The summed E-state index contributed by atoms with van der Waals surface area (Å²) in [5.41, 5.74) is 1.14. The van der Waals surface area contributed by atoms with Gasteiger partial charge in [0.25, 0.3) is 5.91 Å². The number of carbonyl (C=O) groups excluding carboxylic acids is 1. The summed E-state index contributed by atoms with van der Waals surface area (Å²) in [6, 6.07) is 14.3. The molecular weight excluding hydrogens is 372 g/mol. The van der Waals surface area contributed by atoms with E-state index in [1.807, 2.05) is 24.5 Å². The molecule has 3 rings (SSSR count). The molecule has 2 aromatic carbocycles. The molecule has 0 saturated carbocycles. The fourth-order valence-electron chi connectivity index (χ4n) is 2.72. The van der Waals surface area contributed by atoms with Crippen molar-refractivity contribution in [2.75, 3.05) is 28.2 Å². The van der Waals surface area contributed by atoms with Gasteiger partial charge in [-0.05, 0) is 37.4 Å². The zero-order valence-electron chi connectivity index (χ0n) is 14.5. The SMILES string of the molecule is CCS(=O)(=O)N1CC(C(=O)Nc2ccccc2SC)Oc2ccccc21. The van der Waals surface area contributed by atoms with E-state index in [-0.39, 0.29) is 18.2 Å².